The summed E-state index contributed by atoms with van der Waals surface area (Å²) in [6.07, 6.45) is 14.8. The minimum Gasteiger partial charge on any atom is -0.432 e. The van der Waals surface area contributed by atoms with Gasteiger partial charge in [0.15, 0.2) is 16.6 Å². The number of hydrogen-bond acceptors (Lipinski definition) is 4. The van der Waals surface area contributed by atoms with Crippen LogP contribution in [0.25, 0.3) is 0 Å². The van der Waals surface area contributed by atoms with E-state index in [1.54, 1.807) is 0 Å². The van der Waals surface area contributed by atoms with Crippen molar-refractivity contribution >= 4 is 16.6 Å². The van der Waals surface area contributed by atoms with E-state index in [0.717, 1.165) is 36.3 Å². The van der Waals surface area contributed by atoms with Gasteiger partial charge in [0.05, 0.1) is 0 Å². The average Bonchev–Trinajstić information content (AvgIpc) is 2.91. The molecule has 0 aliphatic heterocycles. The van der Waals surface area contributed by atoms with E-state index < -0.39 is 16.6 Å². The molecule has 0 aliphatic rings. The van der Waals surface area contributed by atoms with Gasteiger partial charge in [-0.2, -0.15) is 0 Å². The molecule has 4 N–H and O–H groups in total. The number of aliphatic hydroxyl groups excluding tert-OH is 2. The molecule has 0 aliphatic carbocycles. The Hall–Kier alpha value is 0.988. The zero-order chi connectivity index (χ0) is 30.3. The molecular formula is C32H76O4Si2Ti. The molecule has 39 heavy (non-hydrogen) atoms. The van der Waals surface area contributed by atoms with Crippen LogP contribution in [0.2, 0.25) is 36.3 Å². The Labute approximate surface area is 264 Å². The molecule has 0 bridgehead atoms. The topological polar surface area (TPSA) is 80.9 Å². The molecule has 0 amide bonds. The Bertz CT molecular complexity index is 345. The van der Waals surface area contributed by atoms with Gasteiger partial charge in [-0.1, -0.05) is 146 Å². The molecular weight excluding hydrogens is 552 g/mol. The molecule has 0 aromatic rings. The zero-order valence-electron chi connectivity index (χ0n) is 28.6. The van der Waals surface area contributed by atoms with Crippen molar-refractivity contribution in [1.82, 2.24) is 0 Å². The van der Waals surface area contributed by atoms with Gasteiger partial charge in [0.25, 0.3) is 0 Å². The van der Waals surface area contributed by atoms with Crippen molar-refractivity contribution in [2.24, 2.45) is 11.8 Å². The maximum absolute atomic E-state index is 10.5. The second-order valence-electron chi connectivity index (χ2n) is 12.2. The molecule has 0 heterocycles. The van der Waals surface area contributed by atoms with Crippen LogP contribution in [-0.4, -0.2) is 49.7 Å². The van der Waals surface area contributed by atoms with Gasteiger partial charge in [0.2, 0.25) is 0 Å². The van der Waals surface area contributed by atoms with Gasteiger partial charge in [-0.05, 0) is 48.1 Å². The summed E-state index contributed by atoms with van der Waals surface area (Å²) in [5.41, 5.74) is 0. The summed E-state index contributed by atoms with van der Waals surface area (Å²) in [7, 11) is -3.62. The third-order valence-electron chi connectivity index (χ3n) is 6.70. The number of rotatable bonds is 20. The Morgan fingerprint density at radius 1 is 0.410 bits per heavy atom. The Kier molecular flexibility index (Phi) is 47.1. The van der Waals surface area contributed by atoms with E-state index in [9.17, 15) is 9.59 Å². The molecule has 0 atom stereocenters. The predicted molar refractivity (Wildman–Crippen MR) is 178 cm³/mol. The van der Waals surface area contributed by atoms with Crippen molar-refractivity contribution in [3.05, 3.63) is 0 Å². The van der Waals surface area contributed by atoms with Gasteiger partial charge in [0, 0.05) is 34.9 Å². The molecule has 0 aromatic heterocycles. The summed E-state index contributed by atoms with van der Waals surface area (Å²) in [5, 5.41) is 16.3. The van der Waals surface area contributed by atoms with Crippen LogP contribution >= 0.6 is 0 Å². The maximum atomic E-state index is 10.5. The number of aliphatic hydroxyl groups is 2. The van der Waals surface area contributed by atoms with Gasteiger partial charge in [-0.3, -0.25) is 0 Å². The SMILES string of the molecule is CC(C)CO.CC(C)CO.CCCC[Si](O)(CCCC)CCCC.CCCC[Si](O)(CCCC)CCCC.[Ti]. The molecule has 7 heteroatoms. The molecule has 0 spiro atoms. The van der Waals surface area contributed by atoms with Crippen LogP contribution in [0.1, 0.15) is 146 Å². The Morgan fingerprint density at radius 3 is 0.615 bits per heavy atom. The van der Waals surface area contributed by atoms with Gasteiger partial charge >= 0.3 is 0 Å². The normalized spacial score (nSPS) is 11.1. The second kappa shape index (κ2) is 37.0. The first-order valence-electron chi connectivity index (χ1n) is 16.6. The molecule has 0 radical (unpaired) electrons. The monoisotopic (exact) mass is 628 g/mol. The summed E-state index contributed by atoms with van der Waals surface area (Å²) in [6.45, 7) is 21.8. The van der Waals surface area contributed by atoms with Crippen LogP contribution in [-0.2, 0) is 21.7 Å². The van der Waals surface area contributed by atoms with Crippen LogP contribution in [0, 0.1) is 11.8 Å². The van der Waals surface area contributed by atoms with E-state index >= 15 is 0 Å². The molecule has 0 rings (SSSR count). The molecule has 0 unspecified atom stereocenters. The minimum absolute atomic E-state index is 0. The van der Waals surface area contributed by atoms with E-state index in [1.807, 2.05) is 27.7 Å². The van der Waals surface area contributed by atoms with Gasteiger partial charge < -0.3 is 19.8 Å². The third kappa shape index (κ3) is 43.6. The van der Waals surface area contributed by atoms with Crippen LogP contribution in [0.3, 0.4) is 0 Å². The first-order valence-corrected chi connectivity index (χ1v) is 21.7. The largest absolute Gasteiger partial charge is 0.432 e. The van der Waals surface area contributed by atoms with Crippen LogP contribution in [0.15, 0.2) is 0 Å². The van der Waals surface area contributed by atoms with Crippen molar-refractivity contribution in [2.45, 2.75) is 183 Å². The van der Waals surface area contributed by atoms with E-state index in [4.69, 9.17) is 10.2 Å². The quantitative estimate of drug-likeness (QED) is 0.101. The molecule has 4 nitrogen and oxygen atoms in total. The van der Waals surface area contributed by atoms with E-state index in [2.05, 4.69) is 41.5 Å². The fraction of sp³-hybridized carbons (Fsp3) is 1.00. The summed E-state index contributed by atoms with van der Waals surface area (Å²) in [6, 6.07) is 6.85. The van der Waals surface area contributed by atoms with Crippen LogP contribution < -0.4 is 0 Å². The van der Waals surface area contributed by atoms with E-state index in [1.165, 1.54) is 77.0 Å². The Balaban J connectivity index is -0.000000145. The number of hydrogen-bond donors (Lipinski definition) is 4. The van der Waals surface area contributed by atoms with Crippen molar-refractivity contribution in [3.63, 3.8) is 0 Å². The summed E-state index contributed by atoms with van der Waals surface area (Å²) in [4.78, 5) is 21.1. The molecule has 0 saturated carbocycles. The first kappa shape index (κ1) is 49.7. The summed E-state index contributed by atoms with van der Waals surface area (Å²) >= 11 is 0. The van der Waals surface area contributed by atoms with Gasteiger partial charge in [-0.15, -0.1) is 0 Å². The fourth-order valence-electron chi connectivity index (χ4n) is 3.79. The van der Waals surface area contributed by atoms with Crippen molar-refractivity contribution in [1.29, 1.82) is 0 Å². The predicted octanol–water partition coefficient (Wildman–Crippen LogP) is 9.92. The van der Waals surface area contributed by atoms with Gasteiger partial charge in [-0.25, -0.2) is 0 Å². The van der Waals surface area contributed by atoms with E-state index in [0.29, 0.717) is 25.0 Å². The van der Waals surface area contributed by atoms with Crippen molar-refractivity contribution in [2.75, 3.05) is 13.2 Å². The molecule has 0 aromatic carbocycles. The average molecular weight is 629 g/mol. The van der Waals surface area contributed by atoms with Crippen LogP contribution in [0.5, 0.6) is 0 Å². The third-order valence-corrected chi connectivity index (χ3v) is 14.4. The first-order chi connectivity index (χ1) is 17.9. The Morgan fingerprint density at radius 2 is 0.538 bits per heavy atom. The van der Waals surface area contributed by atoms with Crippen LogP contribution in [0.4, 0.5) is 0 Å². The van der Waals surface area contributed by atoms with E-state index in [-0.39, 0.29) is 21.7 Å². The molecule has 0 saturated heterocycles. The number of unbranched alkanes of at least 4 members (excludes halogenated alkanes) is 6. The molecule has 240 valence electrons. The second-order valence-corrected chi connectivity index (χ2v) is 20.1. The standard InChI is InChI=1S/2C12H28OSi.2C4H10O.Ti/c2*1-4-7-10-14(13,11-8-5-2)12-9-6-3;2*1-4(2)3-5;/h2*13H,4-12H2,1-3H3;2*4-5H,3H2,1-2H3;. The zero-order valence-corrected chi connectivity index (χ0v) is 32.1. The fourth-order valence-corrected chi connectivity index (χ4v) is 11.4. The molecule has 0 fully saturated rings. The summed E-state index contributed by atoms with van der Waals surface area (Å²) < 4.78 is 0. The van der Waals surface area contributed by atoms with Gasteiger partial charge in [0.1, 0.15) is 0 Å². The smallest absolute Gasteiger partial charge is 0.188 e. The van der Waals surface area contributed by atoms with Crippen molar-refractivity contribution < 1.29 is 41.5 Å². The summed E-state index contributed by atoms with van der Waals surface area (Å²) in [5.74, 6) is 0.880. The minimum atomic E-state index is -1.81. The van der Waals surface area contributed by atoms with Crippen molar-refractivity contribution in [3.8, 4) is 0 Å². The maximum Gasteiger partial charge on any atom is 0.188 e.